The van der Waals surface area contributed by atoms with Crippen LogP contribution in [0.25, 0.3) is 10.9 Å². The molecule has 40 heavy (non-hydrogen) atoms. The Hall–Kier alpha value is -3.56. The lowest BCUT2D eigenvalue weighted by molar-refractivity contribution is 0.0569. The molecule has 0 bridgehead atoms. The lowest BCUT2D eigenvalue weighted by atomic mass is 10.0. The normalized spacial score (nSPS) is 18.6. The summed E-state index contributed by atoms with van der Waals surface area (Å²) in [5.41, 5.74) is 3.59. The van der Waals surface area contributed by atoms with Gasteiger partial charge in [-0.3, -0.25) is 9.69 Å². The van der Waals surface area contributed by atoms with Gasteiger partial charge < -0.3 is 14.5 Å². The molecule has 9 heteroatoms. The molecule has 2 atom stereocenters. The van der Waals surface area contributed by atoms with Gasteiger partial charge in [0.05, 0.1) is 18.8 Å². The van der Waals surface area contributed by atoms with Gasteiger partial charge in [0.1, 0.15) is 11.8 Å². The number of aryl methyl sites for hydroxylation is 1. The SMILES string of the molecule is CCOc1ccc(CN(C[C@H]2CCCO2)[C@@H](c2cc3ccc(C)cc3[nH]c2=O)c2nnnn2C2CCCC2)cc1. The molecule has 1 aliphatic carbocycles. The number of aromatic nitrogens is 5. The first-order valence-electron chi connectivity index (χ1n) is 14.6. The van der Waals surface area contributed by atoms with Crippen LogP contribution in [0, 0.1) is 6.92 Å². The molecule has 210 valence electrons. The van der Waals surface area contributed by atoms with Gasteiger partial charge in [-0.25, -0.2) is 4.68 Å². The maximum absolute atomic E-state index is 13.8. The summed E-state index contributed by atoms with van der Waals surface area (Å²) in [5.74, 6) is 1.56. The molecule has 6 rings (SSSR count). The molecule has 2 aliphatic rings. The first kappa shape index (κ1) is 26.7. The maximum atomic E-state index is 13.8. The second-order valence-electron chi connectivity index (χ2n) is 11.1. The summed E-state index contributed by atoms with van der Waals surface area (Å²) < 4.78 is 13.8. The van der Waals surface area contributed by atoms with E-state index in [1.54, 1.807) is 0 Å². The van der Waals surface area contributed by atoms with Gasteiger partial charge in [-0.2, -0.15) is 0 Å². The van der Waals surface area contributed by atoms with Gasteiger partial charge in [-0.15, -0.1) is 5.10 Å². The van der Waals surface area contributed by atoms with Crippen LogP contribution in [-0.4, -0.2) is 56.0 Å². The van der Waals surface area contributed by atoms with Crippen LogP contribution in [0.1, 0.15) is 80.0 Å². The highest BCUT2D eigenvalue weighted by Gasteiger charge is 2.35. The van der Waals surface area contributed by atoms with Crippen LogP contribution < -0.4 is 10.3 Å². The van der Waals surface area contributed by atoms with Crippen molar-refractivity contribution in [1.29, 1.82) is 0 Å². The number of hydrogen-bond donors (Lipinski definition) is 1. The van der Waals surface area contributed by atoms with E-state index in [1.807, 2.05) is 42.8 Å². The van der Waals surface area contributed by atoms with E-state index >= 15 is 0 Å². The van der Waals surface area contributed by atoms with Gasteiger partial charge in [0, 0.05) is 30.8 Å². The van der Waals surface area contributed by atoms with Gasteiger partial charge in [0.2, 0.25) is 0 Å². The van der Waals surface area contributed by atoms with Crippen LogP contribution in [0.15, 0.2) is 53.3 Å². The Morgan fingerprint density at radius 2 is 1.93 bits per heavy atom. The fourth-order valence-corrected chi connectivity index (χ4v) is 6.23. The molecule has 0 amide bonds. The van der Waals surface area contributed by atoms with E-state index < -0.39 is 6.04 Å². The predicted octanol–water partition coefficient (Wildman–Crippen LogP) is 5.11. The highest BCUT2D eigenvalue weighted by Crippen LogP contribution is 2.35. The molecular formula is C31H38N6O3. The molecule has 3 heterocycles. The van der Waals surface area contributed by atoms with Crippen LogP contribution >= 0.6 is 0 Å². The Bertz CT molecular complexity index is 1490. The van der Waals surface area contributed by atoms with Crippen molar-refractivity contribution in [2.45, 2.75) is 77.1 Å². The summed E-state index contributed by atoms with van der Waals surface area (Å²) >= 11 is 0. The number of hydrogen-bond acceptors (Lipinski definition) is 7. The monoisotopic (exact) mass is 542 g/mol. The van der Waals surface area contributed by atoms with Crippen molar-refractivity contribution < 1.29 is 9.47 Å². The average Bonchev–Trinajstić information content (AvgIpc) is 3.74. The van der Waals surface area contributed by atoms with E-state index in [9.17, 15) is 4.79 Å². The Morgan fingerprint density at radius 3 is 2.67 bits per heavy atom. The van der Waals surface area contributed by atoms with Crippen LogP contribution in [-0.2, 0) is 11.3 Å². The fourth-order valence-electron chi connectivity index (χ4n) is 6.23. The predicted molar refractivity (Wildman–Crippen MR) is 153 cm³/mol. The Kier molecular flexibility index (Phi) is 7.93. The Morgan fingerprint density at radius 1 is 1.10 bits per heavy atom. The number of nitrogens with one attached hydrogen (secondary N) is 1. The smallest absolute Gasteiger partial charge is 0.253 e. The average molecular weight is 543 g/mol. The molecule has 1 aliphatic heterocycles. The number of aromatic amines is 1. The first-order valence-corrected chi connectivity index (χ1v) is 14.6. The van der Waals surface area contributed by atoms with E-state index in [0.717, 1.165) is 72.9 Å². The summed E-state index contributed by atoms with van der Waals surface area (Å²) in [6, 6.07) is 16.2. The summed E-state index contributed by atoms with van der Waals surface area (Å²) in [7, 11) is 0. The molecule has 0 unspecified atom stereocenters. The van der Waals surface area contributed by atoms with Crippen molar-refractivity contribution in [2.24, 2.45) is 0 Å². The molecule has 0 spiro atoms. The zero-order valence-electron chi connectivity index (χ0n) is 23.4. The Labute approximate surface area is 234 Å². The molecule has 1 saturated heterocycles. The molecule has 1 N–H and O–H groups in total. The number of fused-ring (bicyclic) bond motifs is 1. The third kappa shape index (κ3) is 5.67. The minimum atomic E-state index is -0.444. The van der Waals surface area contributed by atoms with E-state index in [2.05, 4.69) is 49.7 Å². The minimum absolute atomic E-state index is 0.0863. The highest BCUT2D eigenvalue weighted by atomic mass is 16.5. The summed E-state index contributed by atoms with van der Waals surface area (Å²) in [6.45, 7) is 6.69. The van der Waals surface area contributed by atoms with Gasteiger partial charge in [0.25, 0.3) is 5.56 Å². The topological polar surface area (TPSA) is 98.2 Å². The number of H-pyrrole nitrogens is 1. The standard InChI is InChI=1S/C31H38N6O3/c1-3-39-25-14-11-22(12-15-25)19-36(20-26-9-6-16-40-26)29(30-33-34-35-37(30)24-7-4-5-8-24)27-18-23-13-10-21(2)17-28(23)32-31(27)38/h10-15,17-18,24,26,29H,3-9,16,19-20H2,1-2H3,(H,32,38)/t26-,29+/m1/s1. The van der Waals surface area contributed by atoms with Gasteiger partial charge >= 0.3 is 0 Å². The Balaban J connectivity index is 1.47. The largest absolute Gasteiger partial charge is 0.494 e. The number of ether oxygens (including phenoxy) is 2. The molecule has 9 nitrogen and oxygen atoms in total. The second kappa shape index (κ2) is 11.9. The van der Waals surface area contributed by atoms with E-state index in [4.69, 9.17) is 9.47 Å². The lowest BCUT2D eigenvalue weighted by Gasteiger charge is -2.33. The van der Waals surface area contributed by atoms with Crippen LogP contribution in [0.3, 0.4) is 0 Å². The van der Waals surface area contributed by atoms with Crippen LogP contribution in [0.5, 0.6) is 5.75 Å². The molecule has 2 aromatic carbocycles. The highest BCUT2D eigenvalue weighted by molar-refractivity contribution is 5.79. The van der Waals surface area contributed by atoms with Crippen molar-refractivity contribution in [3.63, 3.8) is 0 Å². The molecule has 2 aromatic heterocycles. The van der Waals surface area contributed by atoms with Crippen LogP contribution in [0.4, 0.5) is 0 Å². The van der Waals surface area contributed by atoms with Gasteiger partial charge in [-0.05, 0) is 90.7 Å². The third-order valence-corrected chi connectivity index (χ3v) is 8.21. The summed E-state index contributed by atoms with van der Waals surface area (Å²) in [6.07, 6.45) is 6.54. The maximum Gasteiger partial charge on any atom is 0.253 e. The van der Waals surface area contributed by atoms with E-state index in [-0.39, 0.29) is 17.7 Å². The molecular weight excluding hydrogens is 504 g/mol. The van der Waals surface area contributed by atoms with Crippen molar-refractivity contribution in [2.75, 3.05) is 19.8 Å². The molecule has 1 saturated carbocycles. The number of rotatable bonds is 10. The zero-order valence-corrected chi connectivity index (χ0v) is 23.4. The van der Waals surface area contributed by atoms with Gasteiger partial charge in [-0.1, -0.05) is 37.1 Å². The lowest BCUT2D eigenvalue weighted by Crippen LogP contribution is -2.39. The number of tetrazole rings is 1. The van der Waals surface area contributed by atoms with Crippen LogP contribution in [0.2, 0.25) is 0 Å². The van der Waals surface area contributed by atoms with Gasteiger partial charge in [0.15, 0.2) is 5.82 Å². The quantitative estimate of drug-likeness (QED) is 0.297. The second-order valence-corrected chi connectivity index (χ2v) is 11.1. The van der Waals surface area contributed by atoms with E-state index in [0.29, 0.717) is 31.1 Å². The molecule has 4 aromatic rings. The summed E-state index contributed by atoms with van der Waals surface area (Å²) in [5, 5.41) is 14.2. The molecule has 0 radical (unpaired) electrons. The van der Waals surface area contributed by atoms with Crippen molar-refractivity contribution in [3.05, 3.63) is 81.4 Å². The number of nitrogens with zero attached hydrogens (tertiary/aromatic N) is 5. The fraction of sp³-hybridized carbons (Fsp3) is 0.484. The van der Waals surface area contributed by atoms with Crippen molar-refractivity contribution in [1.82, 2.24) is 30.1 Å². The number of benzene rings is 2. The van der Waals surface area contributed by atoms with Crippen molar-refractivity contribution >= 4 is 10.9 Å². The molecule has 2 fully saturated rings. The summed E-state index contributed by atoms with van der Waals surface area (Å²) in [4.78, 5) is 19.3. The van der Waals surface area contributed by atoms with Crippen molar-refractivity contribution in [3.8, 4) is 5.75 Å². The number of pyridine rings is 1. The zero-order chi connectivity index (χ0) is 27.5. The van der Waals surface area contributed by atoms with E-state index in [1.165, 1.54) is 0 Å². The minimum Gasteiger partial charge on any atom is -0.494 e. The first-order chi connectivity index (χ1) is 19.6. The third-order valence-electron chi connectivity index (χ3n) is 8.21.